The Balaban J connectivity index is 1.97. The molecule has 0 N–H and O–H groups in total. The minimum Gasteiger partial charge on any atom is -0.317 e. The molecule has 0 spiro atoms. The van der Waals surface area contributed by atoms with E-state index in [4.69, 9.17) is 0 Å². The van der Waals surface area contributed by atoms with Crippen molar-refractivity contribution in [3.8, 4) is 0 Å². The van der Waals surface area contributed by atoms with Gasteiger partial charge < -0.3 is 4.90 Å². The van der Waals surface area contributed by atoms with E-state index in [0.717, 1.165) is 0 Å². The molecule has 1 aliphatic carbocycles. The normalized spacial score (nSPS) is 29.9. The lowest BCUT2D eigenvalue weighted by atomic mass is 9.73. The summed E-state index contributed by atoms with van der Waals surface area (Å²) < 4.78 is 0. The van der Waals surface area contributed by atoms with Gasteiger partial charge in [0.2, 0.25) is 0 Å². The van der Waals surface area contributed by atoms with Crippen LogP contribution < -0.4 is 0 Å². The van der Waals surface area contributed by atoms with Gasteiger partial charge in [-0.15, -0.1) is 0 Å². The number of hydrogen-bond donors (Lipinski definition) is 0. The lowest BCUT2D eigenvalue weighted by Gasteiger charge is -2.39. The third-order valence-electron chi connectivity index (χ3n) is 4.28. The van der Waals surface area contributed by atoms with Gasteiger partial charge >= 0.3 is 0 Å². The van der Waals surface area contributed by atoms with Gasteiger partial charge in [0.05, 0.1) is 0 Å². The van der Waals surface area contributed by atoms with Crippen LogP contribution in [0.2, 0.25) is 0 Å². The number of amidine groups is 1. The number of benzene rings is 1. The number of fused-ring (bicyclic) bond motifs is 4. The van der Waals surface area contributed by atoms with Crippen LogP contribution in [0.3, 0.4) is 0 Å². The van der Waals surface area contributed by atoms with Crippen LogP contribution >= 0.6 is 0 Å². The summed E-state index contributed by atoms with van der Waals surface area (Å²) in [6.45, 7) is 1.80. The molecule has 0 amide bonds. The smallest absolute Gasteiger partial charge is 0.191 e. The van der Waals surface area contributed by atoms with Crippen LogP contribution in [0, 0.1) is 0 Å². The zero-order chi connectivity index (χ0) is 13.9. The zero-order valence-corrected chi connectivity index (χ0v) is 10.9. The van der Waals surface area contributed by atoms with E-state index in [0.29, 0.717) is 17.0 Å². The third kappa shape index (κ3) is 1.14. The molecule has 1 aromatic carbocycles. The molecule has 98 valence electrons. The van der Waals surface area contributed by atoms with Crippen molar-refractivity contribution >= 4 is 17.4 Å². The highest BCUT2D eigenvalue weighted by molar-refractivity contribution is 6.24. The summed E-state index contributed by atoms with van der Waals surface area (Å²) in [5.74, 6) is 0.553. The maximum absolute atomic E-state index is 12.9. The Labute approximate surface area is 116 Å². The Morgan fingerprint density at radius 3 is 2.70 bits per heavy atom. The van der Waals surface area contributed by atoms with Crippen molar-refractivity contribution in [3.05, 3.63) is 59.8 Å². The van der Waals surface area contributed by atoms with E-state index in [2.05, 4.69) is 4.99 Å². The van der Waals surface area contributed by atoms with E-state index in [-0.39, 0.29) is 11.6 Å². The highest BCUT2D eigenvalue weighted by Crippen LogP contribution is 2.40. The fourth-order valence-corrected chi connectivity index (χ4v) is 3.19. The van der Waals surface area contributed by atoms with Crippen LogP contribution in [0.5, 0.6) is 0 Å². The van der Waals surface area contributed by atoms with Crippen LogP contribution in [-0.2, 0) is 0 Å². The molecule has 20 heavy (non-hydrogen) atoms. The molecule has 4 heteroatoms. The summed E-state index contributed by atoms with van der Waals surface area (Å²) in [5.41, 5.74) is 0.0370. The van der Waals surface area contributed by atoms with E-state index in [1.165, 1.54) is 0 Å². The molecule has 0 bridgehead atoms. The number of carbonyl (C=O) groups excluding carboxylic acids is 2. The van der Waals surface area contributed by atoms with Gasteiger partial charge in [0.15, 0.2) is 11.6 Å². The Kier molecular flexibility index (Phi) is 2.01. The van der Waals surface area contributed by atoms with E-state index in [1.807, 2.05) is 29.3 Å². The van der Waals surface area contributed by atoms with E-state index in [9.17, 15) is 9.59 Å². The topological polar surface area (TPSA) is 49.7 Å². The quantitative estimate of drug-likeness (QED) is 0.720. The maximum atomic E-state index is 12.9. The Morgan fingerprint density at radius 2 is 1.90 bits per heavy atom. The number of carbonyl (C=O) groups is 2. The molecular weight excluding hydrogens is 252 g/mol. The van der Waals surface area contributed by atoms with E-state index >= 15 is 0 Å². The fourth-order valence-electron chi connectivity index (χ4n) is 3.19. The SMILES string of the molecule is CC12C(=O)c3ccccc3C(=O)C1N=C1C=CC=CN12. The van der Waals surface area contributed by atoms with E-state index in [1.54, 1.807) is 31.2 Å². The first kappa shape index (κ1) is 11.3. The molecule has 3 aliphatic rings. The highest BCUT2D eigenvalue weighted by Gasteiger charge is 2.58. The average Bonchev–Trinajstić information content (AvgIpc) is 2.80. The molecule has 0 fully saturated rings. The first-order chi connectivity index (χ1) is 9.64. The number of allylic oxidation sites excluding steroid dienone is 2. The molecule has 2 aliphatic heterocycles. The Morgan fingerprint density at radius 1 is 1.15 bits per heavy atom. The predicted molar refractivity (Wildman–Crippen MR) is 74.9 cm³/mol. The van der Waals surface area contributed by atoms with Crippen molar-refractivity contribution < 1.29 is 9.59 Å². The number of aliphatic imine (C=N–C) groups is 1. The molecule has 0 saturated carbocycles. The zero-order valence-electron chi connectivity index (χ0n) is 10.9. The van der Waals surface area contributed by atoms with Crippen molar-refractivity contribution in [3.63, 3.8) is 0 Å². The average molecular weight is 264 g/mol. The predicted octanol–water partition coefficient (Wildman–Crippen LogP) is 1.99. The largest absolute Gasteiger partial charge is 0.317 e. The van der Waals surface area contributed by atoms with Gasteiger partial charge in [0, 0.05) is 17.3 Å². The van der Waals surface area contributed by atoms with Crippen molar-refractivity contribution in [1.82, 2.24) is 4.90 Å². The summed E-state index contributed by atoms with van der Waals surface area (Å²) >= 11 is 0. The van der Waals surface area contributed by atoms with Gasteiger partial charge in [-0.05, 0) is 19.1 Å². The van der Waals surface area contributed by atoms with Crippen LogP contribution in [0.1, 0.15) is 27.6 Å². The minimum atomic E-state index is -0.942. The lowest BCUT2D eigenvalue weighted by Crippen LogP contribution is -2.59. The van der Waals surface area contributed by atoms with Crippen molar-refractivity contribution in [2.75, 3.05) is 0 Å². The number of nitrogens with zero attached hydrogens (tertiary/aromatic N) is 2. The van der Waals surface area contributed by atoms with Crippen LogP contribution in [0.25, 0.3) is 0 Å². The number of rotatable bonds is 0. The van der Waals surface area contributed by atoms with Crippen LogP contribution in [-0.4, -0.2) is 33.9 Å². The molecule has 2 atom stereocenters. The van der Waals surface area contributed by atoms with Crippen LogP contribution in [0.15, 0.2) is 53.7 Å². The second kappa shape index (κ2) is 3.54. The summed E-state index contributed by atoms with van der Waals surface area (Å²) in [6.07, 6.45) is 7.36. The summed E-state index contributed by atoms with van der Waals surface area (Å²) in [6, 6.07) is 6.34. The lowest BCUT2D eigenvalue weighted by molar-refractivity contribution is 0.0691. The third-order valence-corrected chi connectivity index (χ3v) is 4.28. The molecule has 1 aromatic rings. The van der Waals surface area contributed by atoms with Crippen molar-refractivity contribution in [1.29, 1.82) is 0 Å². The molecule has 2 heterocycles. The number of Topliss-reactive ketones (excluding diaryl/α,β-unsaturated/α-hetero) is 2. The standard InChI is InChI=1S/C16H12N2O2/c1-16-14(17-12-8-4-5-9-18(12)16)13(19)10-6-2-3-7-11(10)15(16)20/h2-9,14H,1H3. The van der Waals surface area contributed by atoms with Gasteiger partial charge in [0.25, 0.3) is 0 Å². The van der Waals surface area contributed by atoms with Crippen LogP contribution in [0.4, 0.5) is 0 Å². The second-order valence-corrected chi connectivity index (χ2v) is 5.35. The van der Waals surface area contributed by atoms with Gasteiger partial charge in [-0.25, -0.2) is 0 Å². The first-order valence-electron chi connectivity index (χ1n) is 6.54. The number of hydrogen-bond acceptors (Lipinski definition) is 4. The van der Waals surface area contributed by atoms with Gasteiger partial charge in [0.1, 0.15) is 17.4 Å². The van der Waals surface area contributed by atoms with Gasteiger partial charge in [-0.2, -0.15) is 0 Å². The van der Waals surface area contributed by atoms with Crippen molar-refractivity contribution in [2.24, 2.45) is 4.99 Å². The van der Waals surface area contributed by atoms with E-state index < -0.39 is 11.6 Å². The molecule has 2 unspecified atom stereocenters. The second-order valence-electron chi connectivity index (χ2n) is 5.35. The fraction of sp³-hybridized carbons (Fsp3) is 0.188. The van der Waals surface area contributed by atoms with Crippen molar-refractivity contribution in [2.45, 2.75) is 18.5 Å². The molecule has 0 aromatic heterocycles. The maximum Gasteiger partial charge on any atom is 0.191 e. The first-order valence-corrected chi connectivity index (χ1v) is 6.54. The highest BCUT2D eigenvalue weighted by atomic mass is 16.1. The molecule has 4 rings (SSSR count). The Hall–Kier alpha value is -2.49. The molecular formula is C16H12N2O2. The molecule has 4 nitrogen and oxygen atoms in total. The summed E-state index contributed by atoms with van der Waals surface area (Å²) in [4.78, 5) is 31.8. The minimum absolute atomic E-state index is 0.0450. The summed E-state index contributed by atoms with van der Waals surface area (Å²) in [7, 11) is 0. The van der Waals surface area contributed by atoms with Gasteiger partial charge in [-0.1, -0.05) is 30.3 Å². The number of ketones is 2. The van der Waals surface area contributed by atoms with Gasteiger partial charge in [-0.3, -0.25) is 14.6 Å². The molecule has 0 radical (unpaired) electrons. The monoisotopic (exact) mass is 264 g/mol. The Bertz CT molecular complexity index is 745. The molecule has 0 saturated heterocycles. The summed E-state index contributed by atoms with van der Waals surface area (Å²) in [5, 5.41) is 0.